The number of furan rings is 1. The lowest BCUT2D eigenvalue weighted by Crippen LogP contribution is -2.25. The van der Waals surface area contributed by atoms with Crippen LogP contribution in [0.3, 0.4) is 0 Å². The summed E-state index contributed by atoms with van der Waals surface area (Å²) >= 11 is 1.99. The van der Waals surface area contributed by atoms with Gasteiger partial charge in [0.25, 0.3) is 0 Å². The molecule has 1 aliphatic rings. The second-order valence-electron chi connectivity index (χ2n) is 4.74. The molecule has 0 aliphatic heterocycles. The third kappa shape index (κ3) is 2.35. The van der Waals surface area contributed by atoms with E-state index in [0.29, 0.717) is 4.75 Å². The zero-order valence-corrected chi connectivity index (χ0v) is 10.8. The summed E-state index contributed by atoms with van der Waals surface area (Å²) in [4.78, 5) is 0. The molecule has 3 heteroatoms. The lowest BCUT2D eigenvalue weighted by Gasteiger charge is -2.11. The minimum Gasteiger partial charge on any atom is -0.460 e. The van der Waals surface area contributed by atoms with E-state index >= 15 is 0 Å². The Balaban J connectivity index is 1.61. The first-order valence-corrected chi connectivity index (χ1v) is 7.27. The fourth-order valence-corrected chi connectivity index (χ4v) is 2.89. The number of thioether (sulfide) groups is 1. The standard InChI is InChI=1S/C14H17NOS/c1-17-14(6-7-14)10-15-9-12-8-11-4-2-3-5-13(11)16-12/h2-5,8,15H,6-7,9-10H2,1H3. The third-order valence-corrected chi connectivity index (χ3v) is 4.88. The molecule has 0 amide bonds. The molecule has 0 spiro atoms. The van der Waals surface area contributed by atoms with Crippen molar-refractivity contribution in [2.24, 2.45) is 0 Å². The largest absolute Gasteiger partial charge is 0.460 e. The van der Waals surface area contributed by atoms with Crippen LogP contribution in [0.2, 0.25) is 0 Å². The van der Waals surface area contributed by atoms with Gasteiger partial charge in [0, 0.05) is 16.7 Å². The SMILES string of the molecule is CSC1(CNCc2cc3ccccc3o2)CC1. The molecule has 1 aromatic heterocycles. The zero-order chi connectivity index (χ0) is 11.7. The van der Waals surface area contributed by atoms with Crippen LogP contribution in [0, 0.1) is 0 Å². The van der Waals surface area contributed by atoms with Gasteiger partial charge in [-0.15, -0.1) is 0 Å². The lowest BCUT2D eigenvalue weighted by molar-refractivity contribution is 0.511. The number of benzene rings is 1. The van der Waals surface area contributed by atoms with Crippen LogP contribution in [0.1, 0.15) is 18.6 Å². The molecule has 1 heterocycles. The summed E-state index contributed by atoms with van der Waals surface area (Å²) in [7, 11) is 0. The van der Waals surface area contributed by atoms with Crippen molar-refractivity contribution in [3.63, 3.8) is 0 Å². The highest BCUT2D eigenvalue weighted by atomic mass is 32.2. The quantitative estimate of drug-likeness (QED) is 0.876. The molecule has 90 valence electrons. The molecule has 0 unspecified atom stereocenters. The number of rotatable bonds is 5. The minimum absolute atomic E-state index is 0.520. The molecule has 17 heavy (non-hydrogen) atoms. The molecule has 0 saturated heterocycles. The van der Waals surface area contributed by atoms with E-state index in [0.717, 1.165) is 24.4 Å². The second kappa shape index (κ2) is 4.39. The number of para-hydroxylation sites is 1. The van der Waals surface area contributed by atoms with Crippen molar-refractivity contribution < 1.29 is 4.42 Å². The van der Waals surface area contributed by atoms with Crippen LogP contribution >= 0.6 is 11.8 Å². The predicted molar refractivity (Wildman–Crippen MR) is 73.4 cm³/mol. The Bertz CT molecular complexity index is 483. The average Bonchev–Trinajstić information content (AvgIpc) is 3.01. The van der Waals surface area contributed by atoms with Gasteiger partial charge in [-0.1, -0.05) is 18.2 Å². The summed E-state index contributed by atoms with van der Waals surface area (Å²) in [6.45, 7) is 1.92. The van der Waals surface area contributed by atoms with Crippen LogP contribution in [-0.4, -0.2) is 17.5 Å². The van der Waals surface area contributed by atoms with Crippen molar-refractivity contribution in [3.8, 4) is 0 Å². The molecule has 1 N–H and O–H groups in total. The van der Waals surface area contributed by atoms with E-state index in [2.05, 4.69) is 23.7 Å². The van der Waals surface area contributed by atoms with Gasteiger partial charge in [-0.05, 0) is 31.2 Å². The van der Waals surface area contributed by atoms with E-state index in [-0.39, 0.29) is 0 Å². The van der Waals surface area contributed by atoms with Gasteiger partial charge in [0.05, 0.1) is 6.54 Å². The first kappa shape index (κ1) is 11.2. The summed E-state index contributed by atoms with van der Waals surface area (Å²) < 4.78 is 6.29. The Morgan fingerprint density at radius 2 is 2.18 bits per heavy atom. The number of nitrogens with one attached hydrogen (secondary N) is 1. The molecular formula is C14H17NOS. The maximum absolute atomic E-state index is 5.77. The van der Waals surface area contributed by atoms with E-state index in [9.17, 15) is 0 Å². The summed E-state index contributed by atoms with van der Waals surface area (Å²) in [5, 5.41) is 4.69. The Labute approximate surface area is 106 Å². The number of hydrogen-bond donors (Lipinski definition) is 1. The molecule has 0 radical (unpaired) electrons. The molecule has 0 bridgehead atoms. The predicted octanol–water partition coefficient (Wildman–Crippen LogP) is 3.42. The van der Waals surface area contributed by atoms with Crippen LogP contribution < -0.4 is 5.32 Å². The van der Waals surface area contributed by atoms with E-state index in [1.807, 2.05) is 30.0 Å². The zero-order valence-electron chi connectivity index (χ0n) is 10.0. The Hall–Kier alpha value is -0.930. The van der Waals surface area contributed by atoms with Gasteiger partial charge in [-0.25, -0.2) is 0 Å². The number of fused-ring (bicyclic) bond motifs is 1. The Morgan fingerprint density at radius 1 is 1.35 bits per heavy atom. The summed E-state index contributed by atoms with van der Waals surface area (Å²) in [5.74, 6) is 1.03. The van der Waals surface area contributed by atoms with Crippen molar-refractivity contribution in [2.75, 3.05) is 12.8 Å². The van der Waals surface area contributed by atoms with Gasteiger partial charge < -0.3 is 9.73 Å². The van der Waals surface area contributed by atoms with E-state index in [4.69, 9.17) is 4.42 Å². The molecule has 2 nitrogen and oxygen atoms in total. The average molecular weight is 247 g/mol. The first-order chi connectivity index (χ1) is 8.31. The Morgan fingerprint density at radius 3 is 2.88 bits per heavy atom. The van der Waals surface area contributed by atoms with Crippen molar-refractivity contribution in [3.05, 3.63) is 36.1 Å². The van der Waals surface area contributed by atoms with Gasteiger partial charge in [-0.2, -0.15) is 11.8 Å². The minimum atomic E-state index is 0.520. The van der Waals surface area contributed by atoms with Gasteiger partial charge >= 0.3 is 0 Å². The van der Waals surface area contributed by atoms with Crippen molar-refractivity contribution in [1.82, 2.24) is 5.32 Å². The summed E-state index contributed by atoms with van der Waals surface area (Å²) in [6, 6.07) is 10.3. The van der Waals surface area contributed by atoms with E-state index in [1.165, 1.54) is 18.2 Å². The Kier molecular flexibility index (Phi) is 2.89. The maximum atomic E-state index is 5.77. The van der Waals surface area contributed by atoms with Gasteiger partial charge in [0.2, 0.25) is 0 Å². The van der Waals surface area contributed by atoms with Crippen LogP contribution in [0.4, 0.5) is 0 Å². The van der Waals surface area contributed by atoms with Crippen LogP contribution in [0.15, 0.2) is 34.7 Å². The lowest BCUT2D eigenvalue weighted by atomic mass is 10.2. The number of hydrogen-bond acceptors (Lipinski definition) is 3. The maximum Gasteiger partial charge on any atom is 0.134 e. The van der Waals surface area contributed by atoms with E-state index < -0.39 is 0 Å². The topological polar surface area (TPSA) is 25.2 Å². The fraction of sp³-hybridized carbons (Fsp3) is 0.429. The molecule has 3 rings (SSSR count). The monoisotopic (exact) mass is 247 g/mol. The normalized spacial score (nSPS) is 17.5. The first-order valence-electron chi connectivity index (χ1n) is 6.05. The molecule has 1 fully saturated rings. The fourth-order valence-electron chi connectivity index (χ4n) is 2.13. The van der Waals surface area contributed by atoms with Gasteiger partial charge in [0.1, 0.15) is 11.3 Å². The molecule has 1 aromatic carbocycles. The van der Waals surface area contributed by atoms with Gasteiger partial charge in [-0.3, -0.25) is 0 Å². The van der Waals surface area contributed by atoms with Crippen molar-refractivity contribution in [2.45, 2.75) is 24.1 Å². The molecule has 1 aliphatic carbocycles. The van der Waals surface area contributed by atoms with Crippen molar-refractivity contribution >= 4 is 22.7 Å². The van der Waals surface area contributed by atoms with Crippen molar-refractivity contribution in [1.29, 1.82) is 0 Å². The molecular weight excluding hydrogens is 230 g/mol. The highest BCUT2D eigenvalue weighted by molar-refractivity contribution is 8.00. The molecule has 1 saturated carbocycles. The molecule has 2 aromatic rings. The second-order valence-corrected chi connectivity index (χ2v) is 6.02. The smallest absolute Gasteiger partial charge is 0.134 e. The summed E-state index contributed by atoms with van der Waals surface area (Å²) in [5.41, 5.74) is 0.982. The van der Waals surface area contributed by atoms with Crippen LogP contribution in [-0.2, 0) is 6.54 Å². The summed E-state index contributed by atoms with van der Waals surface area (Å²) in [6.07, 6.45) is 4.90. The van der Waals surface area contributed by atoms with Gasteiger partial charge in [0.15, 0.2) is 0 Å². The van der Waals surface area contributed by atoms with Crippen LogP contribution in [0.5, 0.6) is 0 Å². The third-order valence-electron chi connectivity index (χ3n) is 3.46. The highest BCUT2D eigenvalue weighted by Gasteiger charge is 2.41. The van der Waals surface area contributed by atoms with Crippen LogP contribution in [0.25, 0.3) is 11.0 Å². The van der Waals surface area contributed by atoms with E-state index in [1.54, 1.807) is 0 Å². The highest BCUT2D eigenvalue weighted by Crippen LogP contribution is 2.46. The molecule has 0 atom stereocenters.